The highest BCUT2D eigenvalue weighted by atomic mass is 32.2. The van der Waals surface area contributed by atoms with Gasteiger partial charge in [-0.3, -0.25) is 14.6 Å². The van der Waals surface area contributed by atoms with Crippen molar-refractivity contribution in [3.63, 3.8) is 0 Å². The number of nitrogens with one attached hydrogen (secondary N) is 1. The molecular formula is C23H22N2O4S. The average Bonchev–Trinajstić information content (AvgIpc) is 2.76. The van der Waals surface area contributed by atoms with Crippen LogP contribution in [0.4, 0.5) is 5.69 Å². The normalized spacial score (nSPS) is 10.3. The third kappa shape index (κ3) is 7.25. The smallest absolute Gasteiger partial charge is 0.316 e. The first-order valence-corrected chi connectivity index (χ1v) is 10.5. The zero-order chi connectivity index (χ0) is 21.2. The van der Waals surface area contributed by atoms with Crippen LogP contribution in [0.15, 0.2) is 73.1 Å². The van der Waals surface area contributed by atoms with Crippen LogP contribution >= 0.6 is 11.8 Å². The summed E-state index contributed by atoms with van der Waals surface area (Å²) in [7, 11) is 0. The number of carbonyl (C=O) groups is 2. The maximum Gasteiger partial charge on any atom is 0.316 e. The molecule has 0 unspecified atom stereocenters. The van der Waals surface area contributed by atoms with Gasteiger partial charge >= 0.3 is 5.97 Å². The van der Waals surface area contributed by atoms with Gasteiger partial charge in [0, 0.05) is 11.9 Å². The van der Waals surface area contributed by atoms with Crippen LogP contribution in [0.1, 0.15) is 11.1 Å². The molecule has 0 fully saturated rings. The molecule has 1 amide bonds. The van der Waals surface area contributed by atoms with Crippen LogP contribution in [0, 0.1) is 6.92 Å². The van der Waals surface area contributed by atoms with Gasteiger partial charge in [0.15, 0.2) is 0 Å². The first-order valence-electron chi connectivity index (χ1n) is 9.35. The number of hydrogen-bond donors (Lipinski definition) is 1. The molecule has 2 aromatic carbocycles. The van der Waals surface area contributed by atoms with Crippen LogP contribution in [0.5, 0.6) is 11.5 Å². The molecule has 3 rings (SSSR count). The molecule has 1 N–H and O–H groups in total. The van der Waals surface area contributed by atoms with Crippen molar-refractivity contribution in [2.75, 3.05) is 16.8 Å². The second-order valence-electron chi connectivity index (χ2n) is 6.50. The fraction of sp³-hybridized carbons (Fsp3) is 0.174. The lowest BCUT2D eigenvalue weighted by Crippen LogP contribution is -2.16. The van der Waals surface area contributed by atoms with Crippen LogP contribution < -0.4 is 10.1 Å². The fourth-order valence-corrected chi connectivity index (χ4v) is 3.07. The van der Waals surface area contributed by atoms with Crippen molar-refractivity contribution in [2.24, 2.45) is 0 Å². The molecule has 0 aliphatic carbocycles. The number of nitrogens with zero attached hydrogens (tertiary/aromatic N) is 1. The third-order valence-electron chi connectivity index (χ3n) is 3.98. The van der Waals surface area contributed by atoms with Gasteiger partial charge in [-0.1, -0.05) is 29.8 Å². The van der Waals surface area contributed by atoms with E-state index in [0.29, 0.717) is 11.5 Å². The molecule has 0 saturated carbocycles. The molecule has 1 aromatic heterocycles. The molecule has 0 atom stereocenters. The average molecular weight is 423 g/mol. The Morgan fingerprint density at radius 2 is 1.73 bits per heavy atom. The summed E-state index contributed by atoms with van der Waals surface area (Å²) in [6, 6.07) is 18.4. The van der Waals surface area contributed by atoms with Gasteiger partial charge in [-0.25, -0.2) is 0 Å². The van der Waals surface area contributed by atoms with E-state index in [4.69, 9.17) is 9.47 Å². The lowest BCUT2D eigenvalue weighted by Gasteiger charge is -2.08. The van der Waals surface area contributed by atoms with Crippen LogP contribution in [0.2, 0.25) is 0 Å². The topological polar surface area (TPSA) is 77.5 Å². The Labute approximate surface area is 179 Å². The van der Waals surface area contributed by atoms with Crippen molar-refractivity contribution in [3.8, 4) is 11.5 Å². The van der Waals surface area contributed by atoms with Crippen molar-refractivity contribution >= 4 is 29.3 Å². The summed E-state index contributed by atoms with van der Waals surface area (Å²) in [6.07, 6.45) is 3.31. The number of benzene rings is 2. The molecule has 1 heterocycles. The molecule has 30 heavy (non-hydrogen) atoms. The second kappa shape index (κ2) is 11.0. The van der Waals surface area contributed by atoms with Crippen molar-refractivity contribution in [2.45, 2.75) is 13.5 Å². The van der Waals surface area contributed by atoms with Crippen molar-refractivity contribution in [1.82, 2.24) is 4.98 Å². The van der Waals surface area contributed by atoms with Gasteiger partial charge in [0.25, 0.3) is 0 Å². The number of hydrogen-bond acceptors (Lipinski definition) is 6. The quantitative estimate of drug-likeness (QED) is 0.508. The van der Waals surface area contributed by atoms with Crippen LogP contribution in [0.25, 0.3) is 0 Å². The van der Waals surface area contributed by atoms with Crippen LogP contribution in [0.3, 0.4) is 0 Å². The summed E-state index contributed by atoms with van der Waals surface area (Å²) in [6.45, 7) is 2.15. The molecule has 0 saturated heterocycles. The Balaban J connectivity index is 1.34. The molecule has 154 valence electrons. The summed E-state index contributed by atoms with van der Waals surface area (Å²) in [5.41, 5.74) is 2.72. The standard InChI is InChI=1S/C23H22N2O4S/c1-17-4-8-19(9-5-17)25-22(26)15-30-16-23(27)28-14-18-6-10-20(11-7-18)29-21-3-2-12-24-13-21/h2-13H,14-16H2,1H3,(H,25,26). The number of carbonyl (C=O) groups excluding carboxylic acids is 2. The highest BCUT2D eigenvalue weighted by Crippen LogP contribution is 2.20. The zero-order valence-corrected chi connectivity index (χ0v) is 17.4. The van der Waals surface area contributed by atoms with Gasteiger partial charge in [-0.05, 0) is 48.9 Å². The summed E-state index contributed by atoms with van der Waals surface area (Å²) in [5, 5.41) is 2.80. The summed E-state index contributed by atoms with van der Waals surface area (Å²) in [5.74, 6) is 1.11. The predicted molar refractivity (Wildman–Crippen MR) is 118 cm³/mol. The fourth-order valence-electron chi connectivity index (χ4n) is 2.46. The molecule has 3 aromatic rings. The number of thioether (sulfide) groups is 1. The van der Waals surface area contributed by atoms with Gasteiger partial charge in [-0.15, -0.1) is 11.8 Å². The van der Waals surface area contributed by atoms with E-state index in [2.05, 4.69) is 10.3 Å². The maximum atomic E-state index is 11.9. The SMILES string of the molecule is Cc1ccc(NC(=O)CSCC(=O)OCc2ccc(Oc3cccnc3)cc2)cc1. The van der Waals surface area contributed by atoms with Crippen molar-refractivity contribution < 1.29 is 19.1 Å². The van der Waals surface area contributed by atoms with E-state index in [1.165, 1.54) is 11.8 Å². The van der Waals surface area contributed by atoms with E-state index in [1.54, 1.807) is 30.6 Å². The Hall–Kier alpha value is -3.32. The number of anilines is 1. The van der Waals surface area contributed by atoms with Gasteiger partial charge in [0.2, 0.25) is 5.91 Å². The van der Waals surface area contributed by atoms with E-state index in [1.807, 2.05) is 49.4 Å². The number of aryl methyl sites for hydroxylation is 1. The van der Waals surface area contributed by atoms with Gasteiger partial charge in [0.05, 0.1) is 17.7 Å². The molecule has 6 nitrogen and oxygen atoms in total. The highest BCUT2D eigenvalue weighted by molar-refractivity contribution is 8.00. The molecule has 0 spiro atoms. The van der Waals surface area contributed by atoms with E-state index in [0.717, 1.165) is 16.8 Å². The summed E-state index contributed by atoms with van der Waals surface area (Å²) < 4.78 is 10.9. The van der Waals surface area contributed by atoms with Gasteiger partial charge < -0.3 is 14.8 Å². The molecule has 0 bridgehead atoms. The van der Waals surface area contributed by atoms with Gasteiger partial charge in [0.1, 0.15) is 18.1 Å². The minimum absolute atomic E-state index is 0.115. The maximum absolute atomic E-state index is 11.9. The Morgan fingerprint density at radius 3 is 2.43 bits per heavy atom. The lowest BCUT2D eigenvalue weighted by molar-refractivity contribution is -0.141. The van der Waals surface area contributed by atoms with E-state index in [-0.39, 0.29) is 30.0 Å². The van der Waals surface area contributed by atoms with E-state index in [9.17, 15) is 9.59 Å². The first-order chi connectivity index (χ1) is 14.6. The third-order valence-corrected chi connectivity index (χ3v) is 4.89. The van der Waals surface area contributed by atoms with E-state index >= 15 is 0 Å². The predicted octanol–water partition coefficient (Wildman–Crippen LogP) is 4.60. The Bertz CT molecular complexity index is 961. The van der Waals surface area contributed by atoms with Crippen molar-refractivity contribution in [3.05, 3.63) is 84.2 Å². The minimum Gasteiger partial charge on any atom is -0.460 e. The zero-order valence-electron chi connectivity index (χ0n) is 16.5. The first kappa shape index (κ1) is 21.4. The number of ether oxygens (including phenoxy) is 2. The largest absolute Gasteiger partial charge is 0.460 e. The Kier molecular flexibility index (Phi) is 7.86. The summed E-state index contributed by atoms with van der Waals surface area (Å²) in [4.78, 5) is 27.8. The molecular weight excluding hydrogens is 400 g/mol. The number of rotatable bonds is 9. The van der Waals surface area contributed by atoms with Crippen molar-refractivity contribution in [1.29, 1.82) is 0 Å². The minimum atomic E-state index is -0.362. The van der Waals surface area contributed by atoms with E-state index < -0.39 is 0 Å². The second-order valence-corrected chi connectivity index (χ2v) is 7.49. The number of esters is 1. The van der Waals surface area contributed by atoms with Crippen LogP contribution in [-0.2, 0) is 20.9 Å². The molecule has 0 aliphatic rings. The summed E-state index contributed by atoms with van der Waals surface area (Å²) >= 11 is 1.22. The van der Waals surface area contributed by atoms with Gasteiger partial charge in [-0.2, -0.15) is 0 Å². The molecule has 0 radical (unpaired) electrons. The Morgan fingerprint density at radius 1 is 0.967 bits per heavy atom. The van der Waals surface area contributed by atoms with Crippen LogP contribution in [-0.4, -0.2) is 28.4 Å². The monoisotopic (exact) mass is 422 g/mol. The highest BCUT2D eigenvalue weighted by Gasteiger charge is 2.08. The number of amides is 1. The molecule has 7 heteroatoms. The number of pyridine rings is 1. The number of aromatic nitrogens is 1. The lowest BCUT2D eigenvalue weighted by atomic mass is 10.2. The molecule has 0 aliphatic heterocycles.